The Balaban J connectivity index is 2.03. The van der Waals surface area contributed by atoms with Crippen molar-refractivity contribution in [3.05, 3.63) is 29.8 Å². The molecule has 0 saturated carbocycles. The van der Waals surface area contributed by atoms with E-state index in [-0.39, 0.29) is 6.04 Å². The standard InChI is InChI=1S/C13H15F3N2O2/c14-13(15,16)8-20-7-12(19)18-6-5-10(17)9-3-1-2-4-11(9)18/h1-4,10H,5-8,17H2. The van der Waals surface area contributed by atoms with Gasteiger partial charge in [-0.25, -0.2) is 0 Å². The quantitative estimate of drug-likeness (QED) is 0.925. The molecule has 1 aliphatic heterocycles. The zero-order chi connectivity index (χ0) is 14.8. The van der Waals surface area contributed by atoms with Gasteiger partial charge in [-0.2, -0.15) is 13.2 Å². The molecular formula is C13H15F3N2O2. The minimum absolute atomic E-state index is 0.161. The highest BCUT2D eigenvalue weighted by atomic mass is 19.4. The van der Waals surface area contributed by atoms with Gasteiger partial charge in [0, 0.05) is 18.3 Å². The molecule has 0 saturated heterocycles. The van der Waals surface area contributed by atoms with Crippen LogP contribution in [0.3, 0.4) is 0 Å². The monoisotopic (exact) mass is 288 g/mol. The van der Waals surface area contributed by atoms with Gasteiger partial charge in [0.1, 0.15) is 13.2 Å². The second-order valence-electron chi connectivity index (χ2n) is 4.61. The molecule has 0 bridgehead atoms. The molecule has 110 valence electrons. The lowest BCUT2D eigenvalue weighted by atomic mass is 9.97. The summed E-state index contributed by atoms with van der Waals surface area (Å²) < 4.78 is 40.3. The molecule has 0 aliphatic carbocycles. The van der Waals surface area contributed by atoms with Crippen LogP contribution in [0.2, 0.25) is 0 Å². The highest BCUT2D eigenvalue weighted by Crippen LogP contribution is 2.32. The molecule has 1 aliphatic rings. The molecule has 0 spiro atoms. The first kappa shape index (κ1) is 14.8. The Morgan fingerprint density at radius 3 is 2.80 bits per heavy atom. The summed E-state index contributed by atoms with van der Waals surface area (Å²) in [4.78, 5) is 13.4. The fourth-order valence-corrected chi connectivity index (χ4v) is 2.18. The van der Waals surface area contributed by atoms with Crippen molar-refractivity contribution < 1.29 is 22.7 Å². The van der Waals surface area contributed by atoms with E-state index in [1.807, 2.05) is 12.1 Å². The molecule has 1 aromatic rings. The molecule has 1 aromatic carbocycles. The normalized spacial score (nSPS) is 18.8. The Bertz CT molecular complexity index is 491. The number of carbonyl (C=O) groups is 1. The molecule has 0 fully saturated rings. The highest BCUT2D eigenvalue weighted by molar-refractivity contribution is 5.95. The number of hydrogen-bond acceptors (Lipinski definition) is 3. The van der Waals surface area contributed by atoms with Gasteiger partial charge in [-0.3, -0.25) is 4.79 Å². The average Bonchev–Trinajstić information content (AvgIpc) is 2.38. The number of benzene rings is 1. The van der Waals surface area contributed by atoms with Gasteiger partial charge >= 0.3 is 6.18 Å². The van der Waals surface area contributed by atoms with Crippen LogP contribution >= 0.6 is 0 Å². The molecular weight excluding hydrogens is 273 g/mol. The molecule has 4 nitrogen and oxygen atoms in total. The zero-order valence-corrected chi connectivity index (χ0v) is 10.7. The first-order valence-corrected chi connectivity index (χ1v) is 6.18. The number of nitrogens with two attached hydrogens (primary N) is 1. The maximum Gasteiger partial charge on any atom is 0.411 e. The van der Waals surface area contributed by atoms with Crippen LogP contribution in [0, 0.1) is 0 Å². The van der Waals surface area contributed by atoms with Crippen LogP contribution in [0.4, 0.5) is 18.9 Å². The van der Waals surface area contributed by atoms with E-state index in [9.17, 15) is 18.0 Å². The third-order valence-corrected chi connectivity index (χ3v) is 3.08. The number of alkyl halides is 3. The summed E-state index contributed by atoms with van der Waals surface area (Å²) in [6, 6.07) is 6.96. The summed E-state index contributed by atoms with van der Waals surface area (Å²) >= 11 is 0. The number of rotatable bonds is 3. The van der Waals surface area contributed by atoms with Crippen molar-refractivity contribution in [1.82, 2.24) is 0 Å². The number of carbonyl (C=O) groups excluding carboxylic acids is 1. The largest absolute Gasteiger partial charge is 0.411 e. The smallest absolute Gasteiger partial charge is 0.362 e. The van der Waals surface area contributed by atoms with Gasteiger partial charge in [-0.15, -0.1) is 0 Å². The molecule has 20 heavy (non-hydrogen) atoms. The molecule has 1 unspecified atom stereocenters. The van der Waals surface area contributed by atoms with Crippen molar-refractivity contribution in [2.45, 2.75) is 18.6 Å². The Hall–Kier alpha value is -1.60. The van der Waals surface area contributed by atoms with E-state index in [1.165, 1.54) is 4.90 Å². The summed E-state index contributed by atoms with van der Waals surface area (Å²) in [7, 11) is 0. The third-order valence-electron chi connectivity index (χ3n) is 3.08. The second-order valence-corrected chi connectivity index (χ2v) is 4.61. The number of fused-ring (bicyclic) bond motifs is 1. The van der Waals surface area contributed by atoms with E-state index < -0.39 is 25.3 Å². The van der Waals surface area contributed by atoms with Gasteiger partial charge in [-0.1, -0.05) is 18.2 Å². The van der Waals surface area contributed by atoms with Crippen LogP contribution in [0.25, 0.3) is 0 Å². The maximum atomic E-state index is 12.0. The van der Waals surface area contributed by atoms with Gasteiger partial charge in [0.05, 0.1) is 0 Å². The Morgan fingerprint density at radius 2 is 2.10 bits per heavy atom. The Kier molecular flexibility index (Phi) is 4.29. The maximum absolute atomic E-state index is 12.0. The van der Waals surface area contributed by atoms with Crippen molar-refractivity contribution in [2.75, 3.05) is 24.7 Å². The Labute approximate surface area is 114 Å². The third kappa shape index (κ3) is 3.49. The topological polar surface area (TPSA) is 55.6 Å². The molecule has 1 amide bonds. The van der Waals surface area contributed by atoms with Crippen molar-refractivity contribution in [3.63, 3.8) is 0 Å². The number of hydrogen-bond donors (Lipinski definition) is 1. The molecule has 1 atom stereocenters. The van der Waals surface area contributed by atoms with Crippen LogP contribution in [0.5, 0.6) is 0 Å². The van der Waals surface area contributed by atoms with Crippen molar-refractivity contribution in [1.29, 1.82) is 0 Å². The van der Waals surface area contributed by atoms with E-state index in [2.05, 4.69) is 4.74 Å². The molecule has 0 radical (unpaired) electrons. The van der Waals surface area contributed by atoms with Crippen molar-refractivity contribution >= 4 is 11.6 Å². The summed E-state index contributed by atoms with van der Waals surface area (Å²) in [5, 5.41) is 0. The van der Waals surface area contributed by atoms with Crippen LogP contribution in [0.1, 0.15) is 18.0 Å². The zero-order valence-electron chi connectivity index (χ0n) is 10.7. The highest BCUT2D eigenvalue weighted by Gasteiger charge is 2.30. The molecule has 2 rings (SSSR count). The van der Waals surface area contributed by atoms with Crippen LogP contribution in [-0.4, -0.2) is 31.8 Å². The van der Waals surface area contributed by atoms with Gasteiger partial charge in [0.15, 0.2) is 0 Å². The van der Waals surface area contributed by atoms with Crippen LogP contribution in [0.15, 0.2) is 24.3 Å². The number of para-hydroxylation sites is 1. The molecule has 2 N–H and O–H groups in total. The minimum Gasteiger partial charge on any atom is -0.362 e. The van der Waals surface area contributed by atoms with E-state index >= 15 is 0 Å². The van der Waals surface area contributed by atoms with Gasteiger partial charge in [-0.05, 0) is 18.1 Å². The van der Waals surface area contributed by atoms with E-state index in [0.717, 1.165) is 5.56 Å². The van der Waals surface area contributed by atoms with Crippen LogP contribution in [-0.2, 0) is 9.53 Å². The predicted molar refractivity (Wildman–Crippen MR) is 67.2 cm³/mol. The fraction of sp³-hybridized carbons (Fsp3) is 0.462. The first-order chi connectivity index (χ1) is 9.38. The summed E-state index contributed by atoms with van der Waals surface area (Å²) in [5.41, 5.74) is 7.42. The lowest BCUT2D eigenvalue weighted by Gasteiger charge is -2.32. The van der Waals surface area contributed by atoms with E-state index in [1.54, 1.807) is 12.1 Å². The fourth-order valence-electron chi connectivity index (χ4n) is 2.18. The van der Waals surface area contributed by atoms with Gasteiger partial charge < -0.3 is 15.4 Å². The van der Waals surface area contributed by atoms with Crippen molar-refractivity contribution in [3.8, 4) is 0 Å². The van der Waals surface area contributed by atoms with Gasteiger partial charge in [0.25, 0.3) is 5.91 Å². The lowest BCUT2D eigenvalue weighted by molar-refractivity contribution is -0.175. The summed E-state index contributed by atoms with van der Waals surface area (Å²) in [5.74, 6) is -0.492. The van der Waals surface area contributed by atoms with Crippen molar-refractivity contribution in [2.24, 2.45) is 5.73 Å². The number of amides is 1. The van der Waals surface area contributed by atoms with E-state index in [4.69, 9.17) is 5.73 Å². The molecule has 1 heterocycles. The van der Waals surface area contributed by atoms with E-state index in [0.29, 0.717) is 18.7 Å². The number of nitrogens with zero attached hydrogens (tertiary/aromatic N) is 1. The first-order valence-electron chi connectivity index (χ1n) is 6.18. The number of anilines is 1. The predicted octanol–water partition coefficient (Wildman–Crippen LogP) is 2.00. The van der Waals surface area contributed by atoms with Gasteiger partial charge in [0.2, 0.25) is 0 Å². The second kappa shape index (κ2) is 5.80. The molecule has 0 aromatic heterocycles. The number of ether oxygens (including phenoxy) is 1. The van der Waals surface area contributed by atoms with Crippen LogP contribution < -0.4 is 10.6 Å². The SMILES string of the molecule is NC1CCN(C(=O)COCC(F)(F)F)c2ccccc21. The lowest BCUT2D eigenvalue weighted by Crippen LogP contribution is -2.40. The Morgan fingerprint density at radius 1 is 1.40 bits per heavy atom. The number of halogens is 3. The summed E-state index contributed by atoms with van der Waals surface area (Å²) in [6.07, 6.45) is -3.86. The summed E-state index contributed by atoms with van der Waals surface area (Å²) in [6.45, 7) is -1.64. The average molecular weight is 288 g/mol. The molecule has 7 heteroatoms. The minimum atomic E-state index is -4.43.